The molecular weight excluding hydrogens is 117 g/mol. The van der Waals surface area contributed by atoms with E-state index >= 15 is 0 Å². The maximum atomic E-state index is 12.5. The zero-order valence-corrected chi connectivity index (χ0v) is 5.02. The molecule has 9 heavy (non-hydrogen) atoms. The summed E-state index contributed by atoms with van der Waals surface area (Å²) in [5.74, 6) is 1.87. The van der Waals surface area contributed by atoms with Gasteiger partial charge in [0, 0.05) is 12.7 Å². The van der Waals surface area contributed by atoms with Crippen LogP contribution in [0.1, 0.15) is 6.42 Å². The van der Waals surface area contributed by atoms with E-state index in [9.17, 15) is 4.39 Å². The topological polar surface area (TPSA) is 12.0 Å². The average molecular weight is 125 g/mol. The Hall–Kier alpha value is -0.970. The van der Waals surface area contributed by atoms with Gasteiger partial charge in [-0.15, -0.1) is 6.42 Å². The van der Waals surface area contributed by atoms with E-state index in [1.807, 2.05) is 0 Å². The number of terminal acetylenes is 1. The number of hydrogen-bond donors (Lipinski definition) is 1. The predicted molar refractivity (Wildman–Crippen MR) is 34.1 cm³/mol. The molecule has 1 nitrogen and oxygen atoms in total. The fourth-order valence-electron chi connectivity index (χ4n) is 0.799. The molecule has 0 fully saturated rings. The lowest BCUT2D eigenvalue weighted by Crippen LogP contribution is -2.18. The van der Waals surface area contributed by atoms with Crippen molar-refractivity contribution in [2.24, 2.45) is 5.92 Å². The molecule has 1 atom stereocenters. The van der Waals surface area contributed by atoms with Crippen molar-refractivity contribution in [2.45, 2.75) is 6.42 Å². The molecule has 1 N–H and O–H groups in total. The number of nitrogens with one attached hydrogen (secondary N) is 1. The second-order valence-electron chi connectivity index (χ2n) is 1.99. The lowest BCUT2D eigenvalue weighted by atomic mass is 10.0. The van der Waals surface area contributed by atoms with E-state index < -0.39 is 0 Å². The summed E-state index contributed by atoms with van der Waals surface area (Å²) in [6.45, 7) is 0.780. The highest BCUT2D eigenvalue weighted by Gasteiger charge is 2.13. The van der Waals surface area contributed by atoms with Gasteiger partial charge in [-0.05, 0) is 6.42 Å². The Morgan fingerprint density at radius 1 is 1.89 bits per heavy atom. The van der Waals surface area contributed by atoms with Crippen LogP contribution in [0.4, 0.5) is 4.39 Å². The number of hydrogen-bond acceptors (Lipinski definition) is 1. The van der Waals surface area contributed by atoms with Gasteiger partial charge < -0.3 is 5.32 Å². The van der Waals surface area contributed by atoms with Crippen molar-refractivity contribution in [1.29, 1.82) is 0 Å². The lowest BCUT2D eigenvalue weighted by Gasteiger charge is -2.13. The first-order chi connectivity index (χ1) is 4.34. The fraction of sp³-hybridized carbons (Fsp3) is 0.429. The second kappa shape index (κ2) is 2.54. The molecule has 0 aromatic carbocycles. The van der Waals surface area contributed by atoms with Gasteiger partial charge in [-0.1, -0.05) is 5.92 Å². The van der Waals surface area contributed by atoms with Crippen molar-refractivity contribution in [2.75, 3.05) is 6.54 Å². The van der Waals surface area contributed by atoms with E-state index in [1.165, 1.54) is 6.20 Å². The first-order valence-electron chi connectivity index (χ1n) is 2.89. The summed E-state index contributed by atoms with van der Waals surface area (Å²) in [7, 11) is 0. The fourth-order valence-corrected chi connectivity index (χ4v) is 0.799. The molecule has 0 radical (unpaired) electrons. The summed E-state index contributed by atoms with van der Waals surface area (Å²) in [5, 5.41) is 2.77. The van der Waals surface area contributed by atoms with Gasteiger partial charge in [-0.25, -0.2) is 4.39 Å². The van der Waals surface area contributed by atoms with E-state index in [0.29, 0.717) is 6.42 Å². The molecule has 0 saturated heterocycles. The summed E-state index contributed by atoms with van der Waals surface area (Å²) >= 11 is 0. The SMILES string of the molecule is C#CC1CCNC=C1F. The molecule has 0 aromatic heterocycles. The minimum Gasteiger partial charge on any atom is -0.389 e. The molecule has 0 aromatic rings. The van der Waals surface area contributed by atoms with Crippen LogP contribution >= 0.6 is 0 Å². The molecular formula is C7H8FN. The van der Waals surface area contributed by atoms with Gasteiger partial charge in [-0.3, -0.25) is 0 Å². The number of rotatable bonds is 0. The lowest BCUT2D eigenvalue weighted by molar-refractivity contribution is 0.473. The zero-order valence-electron chi connectivity index (χ0n) is 5.02. The Bertz CT molecular complexity index is 166. The van der Waals surface area contributed by atoms with Crippen molar-refractivity contribution in [3.63, 3.8) is 0 Å². The van der Waals surface area contributed by atoms with E-state index in [2.05, 4.69) is 11.2 Å². The first-order valence-corrected chi connectivity index (χ1v) is 2.89. The maximum absolute atomic E-state index is 12.5. The largest absolute Gasteiger partial charge is 0.389 e. The highest BCUT2D eigenvalue weighted by Crippen LogP contribution is 2.16. The van der Waals surface area contributed by atoms with Gasteiger partial charge in [0.2, 0.25) is 0 Å². The van der Waals surface area contributed by atoms with Crippen LogP contribution in [0.3, 0.4) is 0 Å². The first kappa shape index (κ1) is 6.15. The van der Waals surface area contributed by atoms with E-state index in [1.54, 1.807) is 0 Å². The van der Waals surface area contributed by atoms with Crippen LogP contribution < -0.4 is 5.32 Å². The Balaban J connectivity index is 2.64. The molecule has 0 aliphatic carbocycles. The Kier molecular flexibility index (Phi) is 1.74. The van der Waals surface area contributed by atoms with E-state index in [0.717, 1.165) is 6.54 Å². The van der Waals surface area contributed by atoms with E-state index in [4.69, 9.17) is 6.42 Å². The van der Waals surface area contributed by atoms with Gasteiger partial charge >= 0.3 is 0 Å². The Morgan fingerprint density at radius 2 is 2.67 bits per heavy atom. The summed E-state index contributed by atoms with van der Waals surface area (Å²) < 4.78 is 12.5. The molecule has 0 amide bonds. The van der Waals surface area contributed by atoms with Crippen molar-refractivity contribution in [3.8, 4) is 12.3 Å². The third kappa shape index (κ3) is 1.23. The van der Waals surface area contributed by atoms with Crippen LogP contribution in [0.5, 0.6) is 0 Å². The third-order valence-electron chi connectivity index (χ3n) is 1.35. The van der Waals surface area contributed by atoms with E-state index in [-0.39, 0.29) is 11.7 Å². The summed E-state index contributed by atoms with van der Waals surface area (Å²) in [6, 6.07) is 0. The van der Waals surface area contributed by atoms with Crippen LogP contribution in [0.2, 0.25) is 0 Å². The van der Waals surface area contributed by atoms with Crippen molar-refractivity contribution >= 4 is 0 Å². The van der Waals surface area contributed by atoms with Gasteiger partial charge in [0.15, 0.2) is 0 Å². The molecule has 1 rings (SSSR count). The van der Waals surface area contributed by atoms with Gasteiger partial charge in [0.25, 0.3) is 0 Å². The smallest absolute Gasteiger partial charge is 0.131 e. The Labute approximate surface area is 53.9 Å². The highest BCUT2D eigenvalue weighted by atomic mass is 19.1. The predicted octanol–water partition coefficient (Wildman–Crippen LogP) is 1.04. The third-order valence-corrected chi connectivity index (χ3v) is 1.35. The number of halogens is 1. The van der Waals surface area contributed by atoms with Gasteiger partial charge in [0.1, 0.15) is 5.83 Å². The van der Waals surface area contributed by atoms with Crippen LogP contribution in [0, 0.1) is 18.3 Å². The molecule has 0 bridgehead atoms. The quantitative estimate of drug-likeness (QED) is 0.477. The summed E-state index contributed by atoms with van der Waals surface area (Å²) in [5.41, 5.74) is 0. The molecule has 1 aliphatic heterocycles. The maximum Gasteiger partial charge on any atom is 0.131 e. The molecule has 0 saturated carbocycles. The standard InChI is InChI=1S/C7H8FN/c1-2-6-3-4-9-5-7(6)8/h1,5-6,9H,3-4H2. The van der Waals surface area contributed by atoms with Crippen molar-refractivity contribution in [3.05, 3.63) is 12.0 Å². The molecule has 0 spiro atoms. The minimum absolute atomic E-state index is 0.219. The Morgan fingerprint density at radius 3 is 3.11 bits per heavy atom. The average Bonchev–Trinajstić information content (AvgIpc) is 1.89. The van der Waals surface area contributed by atoms with Crippen molar-refractivity contribution in [1.82, 2.24) is 5.32 Å². The zero-order chi connectivity index (χ0) is 6.69. The van der Waals surface area contributed by atoms with Crippen LogP contribution in [-0.4, -0.2) is 6.54 Å². The molecule has 2 heteroatoms. The molecule has 1 unspecified atom stereocenters. The van der Waals surface area contributed by atoms with Gasteiger partial charge in [-0.2, -0.15) is 0 Å². The highest BCUT2D eigenvalue weighted by molar-refractivity contribution is 5.12. The normalized spacial score (nSPS) is 25.8. The summed E-state index contributed by atoms with van der Waals surface area (Å²) in [6.07, 6.45) is 7.08. The van der Waals surface area contributed by atoms with Crippen molar-refractivity contribution < 1.29 is 4.39 Å². The number of allylic oxidation sites excluding steroid dienone is 1. The molecule has 1 aliphatic rings. The van der Waals surface area contributed by atoms with Crippen LogP contribution in [-0.2, 0) is 0 Å². The minimum atomic E-state index is -0.286. The molecule has 48 valence electrons. The van der Waals surface area contributed by atoms with Crippen LogP contribution in [0.15, 0.2) is 12.0 Å². The monoisotopic (exact) mass is 125 g/mol. The second-order valence-corrected chi connectivity index (χ2v) is 1.99. The van der Waals surface area contributed by atoms with Crippen LogP contribution in [0.25, 0.3) is 0 Å². The molecule has 1 heterocycles. The summed E-state index contributed by atoms with van der Waals surface area (Å²) in [4.78, 5) is 0. The van der Waals surface area contributed by atoms with Gasteiger partial charge in [0.05, 0.1) is 5.92 Å².